The number of carbonyl (C=O) groups excluding carboxylic acids is 1. The fraction of sp³-hybridized carbons (Fsp3) is 0.0952. The van der Waals surface area contributed by atoms with Crippen molar-refractivity contribution in [2.75, 3.05) is 11.9 Å². The number of hydrogen-bond donors (Lipinski definition) is 2. The molecule has 0 unspecified atom stereocenters. The highest BCUT2D eigenvalue weighted by Gasteiger charge is 2.16. The highest BCUT2D eigenvalue weighted by molar-refractivity contribution is 5.93. The molecule has 3 aromatic rings. The summed E-state index contributed by atoms with van der Waals surface area (Å²) >= 11 is 0. The van der Waals surface area contributed by atoms with E-state index in [1.54, 1.807) is 18.2 Å². The molecule has 4 nitrogen and oxygen atoms in total. The molecular formula is C21H19NO3. The molecule has 0 fully saturated rings. The number of ether oxygens (including phenoxy) is 1. The fourth-order valence-electron chi connectivity index (χ4n) is 2.57. The van der Waals surface area contributed by atoms with Gasteiger partial charge in [0.1, 0.15) is 18.5 Å². The quantitative estimate of drug-likeness (QED) is 0.667. The summed E-state index contributed by atoms with van der Waals surface area (Å²) in [6.07, 6.45) is -0.336. The van der Waals surface area contributed by atoms with Crippen LogP contribution < -0.4 is 5.32 Å². The van der Waals surface area contributed by atoms with Crippen LogP contribution >= 0.6 is 0 Å². The van der Waals surface area contributed by atoms with Crippen molar-refractivity contribution in [3.63, 3.8) is 0 Å². The first-order valence-electron chi connectivity index (χ1n) is 8.03. The molecule has 3 aromatic carbocycles. The molecule has 3 rings (SSSR count). The summed E-state index contributed by atoms with van der Waals surface area (Å²) in [6.45, 7) is -0.122. The number of nitrogens with one attached hydrogen (secondary N) is 1. The average Bonchev–Trinajstić information content (AvgIpc) is 2.66. The lowest BCUT2D eigenvalue weighted by Gasteiger charge is -2.19. The first-order chi connectivity index (χ1) is 12.2. The summed E-state index contributed by atoms with van der Waals surface area (Å²) in [7, 11) is 0. The maximum Gasteiger partial charge on any atom is 0.250 e. The Bertz CT molecular complexity index is 779. The topological polar surface area (TPSA) is 58.6 Å². The normalized spacial score (nSPS) is 10.6. The van der Waals surface area contributed by atoms with E-state index in [-0.39, 0.29) is 24.4 Å². The van der Waals surface area contributed by atoms with Crippen LogP contribution in [-0.2, 0) is 9.53 Å². The summed E-state index contributed by atoms with van der Waals surface area (Å²) < 4.78 is 5.89. The van der Waals surface area contributed by atoms with Gasteiger partial charge < -0.3 is 15.2 Å². The maximum absolute atomic E-state index is 12.2. The monoisotopic (exact) mass is 333 g/mol. The standard InChI is InChI=1S/C21H19NO3/c23-19-14-8-7-13-18(19)22-20(24)15-25-21(16-9-3-1-4-10-16)17-11-5-2-6-12-17/h1-14,21,23H,15H2,(H,22,24). The van der Waals surface area contributed by atoms with Crippen LogP contribution in [0, 0.1) is 0 Å². The molecule has 0 saturated carbocycles. The van der Waals surface area contributed by atoms with Gasteiger partial charge in [-0.25, -0.2) is 0 Å². The van der Waals surface area contributed by atoms with Crippen molar-refractivity contribution in [3.8, 4) is 5.75 Å². The summed E-state index contributed by atoms with van der Waals surface area (Å²) in [4.78, 5) is 12.2. The fourth-order valence-corrected chi connectivity index (χ4v) is 2.57. The molecule has 0 heterocycles. The van der Waals surface area contributed by atoms with Crippen LogP contribution in [-0.4, -0.2) is 17.6 Å². The van der Waals surface area contributed by atoms with Crippen molar-refractivity contribution in [2.24, 2.45) is 0 Å². The summed E-state index contributed by atoms with van der Waals surface area (Å²) in [5.41, 5.74) is 2.32. The number of amides is 1. The molecule has 0 aromatic heterocycles. The van der Waals surface area contributed by atoms with Gasteiger partial charge in [0, 0.05) is 0 Å². The number of para-hydroxylation sites is 2. The highest BCUT2D eigenvalue weighted by atomic mass is 16.5. The summed E-state index contributed by atoms with van der Waals surface area (Å²) in [5, 5.41) is 12.4. The largest absolute Gasteiger partial charge is 0.506 e. The number of rotatable bonds is 6. The third-order valence-electron chi connectivity index (χ3n) is 3.76. The smallest absolute Gasteiger partial charge is 0.250 e. The second kappa shape index (κ2) is 8.13. The van der Waals surface area contributed by atoms with E-state index in [9.17, 15) is 9.90 Å². The van der Waals surface area contributed by atoms with E-state index in [4.69, 9.17) is 4.74 Å². The van der Waals surface area contributed by atoms with E-state index in [0.717, 1.165) is 11.1 Å². The van der Waals surface area contributed by atoms with Crippen LogP contribution in [0.4, 0.5) is 5.69 Å². The maximum atomic E-state index is 12.2. The van der Waals surface area contributed by atoms with Gasteiger partial charge in [0.25, 0.3) is 5.91 Å². The molecule has 0 aliphatic heterocycles. The first-order valence-corrected chi connectivity index (χ1v) is 8.03. The van der Waals surface area contributed by atoms with E-state index in [2.05, 4.69) is 5.32 Å². The zero-order valence-corrected chi connectivity index (χ0v) is 13.6. The van der Waals surface area contributed by atoms with Crippen molar-refractivity contribution >= 4 is 11.6 Å². The van der Waals surface area contributed by atoms with Gasteiger partial charge in [0.2, 0.25) is 0 Å². The van der Waals surface area contributed by atoms with E-state index >= 15 is 0 Å². The van der Waals surface area contributed by atoms with Crippen LogP contribution in [0.2, 0.25) is 0 Å². The number of carbonyl (C=O) groups is 1. The summed E-state index contributed by atoms with van der Waals surface area (Å²) in [6, 6.07) is 26.1. The minimum absolute atomic E-state index is 0.0264. The van der Waals surface area contributed by atoms with Crippen molar-refractivity contribution in [1.82, 2.24) is 0 Å². The van der Waals surface area contributed by atoms with Gasteiger partial charge in [-0.1, -0.05) is 72.8 Å². The predicted molar refractivity (Wildman–Crippen MR) is 97.4 cm³/mol. The Kier molecular flexibility index (Phi) is 5.44. The molecular weight excluding hydrogens is 314 g/mol. The molecule has 1 amide bonds. The number of hydrogen-bond acceptors (Lipinski definition) is 3. The molecule has 0 aliphatic carbocycles. The van der Waals surface area contributed by atoms with Gasteiger partial charge in [0.15, 0.2) is 0 Å². The van der Waals surface area contributed by atoms with Gasteiger partial charge in [-0.2, -0.15) is 0 Å². The second-order valence-electron chi connectivity index (χ2n) is 5.58. The average molecular weight is 333 g/mol. The minimum atomic E-state index is -0.336. The Morgan fingerprint density at radius 3 is 1.92 bits per heavy atom. The van der Waals surface area contributed by atoms with Crippen LogP contribution in [0.5, 0.6) is 5.75 Å². The van der Waals surface area contributed by atoms with Crippen LogP contribution in [0.25, 0.3) is 0 Å². The van der Waals surface area contributed by atoms with E-state index in [1.165, 1.54) is 6.07 Å². The molecule has 25 heavy (non-hydrogen) atoms. The third-order valence-corrected chi connectivity index (χ3v) is 3.76. The Labute approximate surface area is 146 Å². The SMILES string of the molecule is O=C(COC(c1ccccc1)c1ccccc1)Nc1ccccc1O. The van der Waals surface area contributed by atoms with Gasteiger partial charge in [-0.15, -0.1) is 0 Å². The van der Waals surface area contributed by atoms with E-state index in [0.29, 0.717) is 5.69 Å². The van der Waals surface area contributed by atoms with Gasteiger partial charge in [-0.05, 0) is 23.3 Å². The van der Waals surface area contributed by atoms with Gasteiger partial charge >= 0.3 is 0 Å². The Morgan fingerprint density at radius 1 is 0.840 bits per heavy atom. The minimum Gasteiger partial charge on any atom is -0.506 e. The number of benzene rings is 3. The second-order valence-corrected chi connectivity index (χ2v) is 5.58. The van der Waals surface area contributed by atoms with Crippen LogP contribution in [0.15, 0.2) is 84.9 Å². The highest BCUT2D eigenvalue weighted by Crippen LogP contribution is 2.26. The van der Waals surface area contributed by atoms with Crippen LogP contribution in [0.3, 0.4) is 0 Å². The number of phenolic OH excluding ortho intramolecular Hbond substituents is 1. The summed E-state index contributed by atoms with van der Waals surface area (Å²) in [5.74, 6) is -0.295. The lowest BCUT2D eigenvalue weighted by molar-refractivity contribution is -0.121. The Hall–Kier alpha value is -3.11. The third kappa shape index (κ3) is 4.46. The molecule has 0 saturated heterocycles. The molecule has 0 bridgehead atoms. The van der Waals surface area contributed by atoms with Crippen molar-refractivity contribution in [3.05, 3.63) is 96.1 Å². The Morgan fingerprint density at radius 2 is 1.36 bits per heavy atom. The van der Waals surface area contributed by atoms with Crippen molar-refractivity contribution in [2.45, 2.75) is 6.10 Å². The zero-order valence-electron chi connectivity index (χ0n) is 13.6. The lowest BCUT2D eigenvalue weighted by atomic mass is 10.0. The molecule has 0 spiro atoms. The molecule has 0 aliphatic rings. The predicted octanol–water partition coefficient (Wildman–Crippen LogP) is 4.14. The number of phenols is 1. The molecule has 2 N–H and O–H groups in total. The Balaban J connectivity index is 1.71. The molecule has 126 valence electrons. The van der Waals surface area contributed by atoms with Crippen molar-refractivity contribution < 1.29 is 14.6 Å². The number of anilines is 1. The van der Waals surface area contributed by atoms with E-state index in [1.807, 2.05) is 60.7 Å². The molecule has 4 heteroatoms. The first kappa shape index (κ1) is 16.7. The van der Waals surface area contributed by atoms with Gasteiger partial charge in [0.05, 0.1) is 5.69 Å². The van der Waals surface area contributed by atoms with E-state index < -0.39 is 0 Å². The molecule has 0 atom stereocenters. The van der Waals surface area contributed by atoms with Crippen LogP contribution in [0.1, 0.15) is 17.2 Å². The molecule has 0 radical (unpaired) electrons. The van der Waals surface area contributed by atoms with Crippen molar-refractivity contribution in [1.29, 1.82) is 0 Å². The zero-order chi connectivity index (χ0) is 17.5. The lowest BCUT2D eigenvalue weighted by Crippen LogP contribution is -2.20. The number of aromatic hydroxyl groups is 1. The van der Waals surface area contributed by atoms with Gasteiger partial charge in [-0.3, -0.25) is 4.79 Å².